The lowest BCUT2D eigenvalue weighted by Crippen LogP contribution is -2.30. The Morgan fingerprint density at radius 2 is 2.00 bits per heavy atom. The van der Waals surface area contributed by atoms with Gasteiger partial charge in [0.25, 0.3) is 0 Å². The van der Waals surface area contributed by atoms with Gasteiger partial charge < -0.3 is 0 Å². The van der Waals surface area contributed by atoms with Crippen LogP contribution >= 0.6 is 15.9 Å². The van der Waals surface area contributed by atoms with E-state index in [2.05, 4.69) is 29.8 Å². The topological polar surface area (TPSA) is 0 Å². The Morgan fingerprint density at radius 3 is 2.36 bits per heavy atom. The molecule has 0 N–H and O–H groups in total. The first-order valence-corrected chi connectivity index (χ1v) is 5.86. The lowest BCUT2D eigenvalue weighted by molar-refractivity contribution is 0.109. The molecule has 0 radical (unpaired) electrons. The molecule has 64 valence electrons. The fourth-order valence-corrected chi connectivity index (χ4v) is 3.52. The molecular formula is C10H17Br. The van der Waals surface area contributed by atoms with E-state index in [1.54, 1.807) is 0 Å². The van der Waals surface area contributed by atoms with E-state index in [1.807, 2.05) is 0 Å². The van der Waals surface area contributed by atoms with Crippen molar-refractivity contribution in [3.63, 3.8) is 0 Å². The summed E-state index contributed by atoms with van der Waals surface area (Å²) >= 11 is 3.58. The molecule has 0 aromatic rings. The standard InChI is InChI=1S/C10H17Br/c1-7(2)8-3-10(4-8)5-9(10)6-11/h7-9H,3-6H2,1-2H3. The molecule has 2 fully saturated rings. The van der Waals surface area contributed by atoms with Crippen molar-refractivity contribution in [2.75, 3.05) is 5.33 Å². The van der Waals surface area contributed by atoms with Crippen molar-refractivity contribution in [3.8, 4) is 0 Å². The van der Waals surface area contributed by atoms with Gasteiger partial charge in [0.05, 0.1) is 0 Å². The van der Waals surface area contributed by atoms with Crippen molar-refractivity contribution < 1.29 is 0 Å². The maximum atomic E-state index is 3.58. The molecule has 11 heavy (non-hydrogen) atoms. The molecule has 1 heteroatoms. The van der Waals surface area contributed by atoms with Crippen molar-refractivity contribution in [1.29, 1.82) is 0 Å². The summed E-state index contributed by atoms with van der Waals surface area (Å²) in [6.07, 6.45) is 4.57. The largest absolute Gasteiger partial charge is 0.0925 e. The van der Waals surface area contributed by atoms with E-state index in [4.69, 9.17) is 0 Å². The first-order valence-electron chi connectivity index (χ1n) is 4.74. The molecule has 2 aliphatic rings. The summed E-state index contributed by atoms with van der Waals surface area (Å²) in [5, 5.41) is 1.25. The van der Waals surface area contributed by atoms with Gasteiger partial charge >= 0.3 is 0 Å². The minimum Gasteiger partial charge on any atom is -0.0925 e. The third kappa shape index (κ3) is 1.16. The molecule has 1 atom stereocenters. The number of rotatable bonds is 2. The number of hydrogen-bond donors (Lipinski definition) is 0. The Balaban J connectivity index is 1.81. The van der Waals surface area contributed by atoms with Gasteiger partial charge in [-0.3, -0.25) is 0 Å². The zero-order valence-corrected chi connectivity index (χ0v) is 9.02. The molecule has 1 unspecified atom stereocenters. The first kappa shape index (κ1) is 8.10. The Morgan fingerprint density at radius 1 is 1.36 bits per heavy atom. The number of alkyl halides is 1. The second-order valence-corrected chi connectivity index (χ2v) is 5.48. The van der Waals surface area contributed by atoms with Crippen LogP contribution in [0.25, 0.3) is 0 Å². The zero-order valence-electron chi connectivity index (χ0n) is 7.44. The Bertz CT molecular complexity index is 156. The summed E-state index contributed by atoms with van der Waals surface area (Å²) in [6.45, 7) is 4.73. The van der Waals surface area contributed by atoms with Gasteiger partial charge in [0.1, 0.15) is 0 Å². The van der Waals surface area contributed by atoms with Crippen molar-refractivity contribution in [3.05, 3.63) is 0 Å². The summed E-state index contributed by atoms with van der Waals surface area (Å²) < 4.78 is 0. The molecule has 2 aliphatic carbocycles. The summed E-state index contributed by atoms with van der Waals surface area (Å²) in [4.78, 5) is 0. The Kier molecular flexibility index (Phi) is 1.83. The Labute approximate surface area is 77.9 Å². The molecular weight excluding hydrogens is 200 g/mol. The number of halogens is 1. The van der Waals surface area contributed by atoms with Crippen LogP contribution in [0.2, 0.25) is 0 Å². The van der Waals surface area contributed by atoms with Crippen molar-refractivity contribution in [1.82, 2.24) is 0 Å². The molecule has 0 nitrogen and oxygen atoms in total. The molecule has 0 aromatic carbocycles. The van der Waals surface area contributed by atoms with Crippen molar-refractivity contribution >= 4 is 15.9 Å². The average Bonchev–Trinajstić information content (AvgIpc) is 2.57. The van der Waals surface area contributed by atoms with Gasteiger partial charge in [0, 0.05) is 5.33 Å². The van der Waals surface area contributed by atoms with Crippen LogP contribution in [0.1, 0.15) is 33.1 Å². The average molecular weight is 217 g/mol. The van der Waals surface area contributed by atoms with Crippen LogP contribution in [0.15, 0.2) is 0 Å². The predicted molar refractivity (Wildman–Crippen MR) is 51.9 cm³/mol. The molecule has 0 heterocycles. The quantitative estimate of drug-likeness (QED) is 0.621. The fraction of sp³-hybridized carbons (Fsp3) is 1.00. The fourth-order valence-electron chi connectivity index (χ4n) is 2.61. The third-order valence-corrected chi connectivity index (χ3v) is 4.61. The molecule has 2 rings (SSSR count). The lowest BCUT2D eigenvalue weighted by Gasteiger charge is -2.39. The molecule has 2 saturated carbocycles. The highest BCUT2D eigenvalue weighted by molar-refractivity contribution is 9.09. The zero-order chi connectivity index (χ0) is 8.06. The van der Waals surface area contributed by atoms with E-state index >= 15 is 0 Å². The van der Waals surface area contributed by atoms with E-state index < -0.39 is 0 Å². The minimum atomic E-state index is 0.846. The molecule has 0 amide bonds. The van der Waals surface area contributed by atoms with Crippen LogP contribution in [0, 0.1) is 23.2 Å². The van der Waals surface area contributed by atoms with Gasteiger partial charge in [-0.15, -0.1) is 0 Å². The van der Waals surface area contributed by atoms with Crippen LogP contribution in [0.4, 0.5) is 0 Å². The monoisotopic (exact) mass is 216 g/mol. The smallest absolute Gasteiger partial charge is 0.00651 e. The van der Waals surface area contributed by atoms with E-state index in [1.165, 1.54) is 24.6 Å². The highest BCUT2D eigenvalue weighted by Crippen LogP contribution is 2.69. The Hall–Kier alpha value is 0.480. The molecule has 0 aromatic heterocycles. The van der Waals surface area contributed by atoms with Gasteiger partial charge in [-0.25, -0.2) is 0 Å². The SMILES string of the molecule is CC(C)C1CC2(C1)CC2CBr. The highest BCUT2D eigenvalue weighted by Gasteiger charge is 2.60. The number of hydrogen-bond acceptors (Lipinski definition) is 0. The lowest BCUT2D eigenvalue weighted by atomic mass is 9.66. The molecule has 1 spiro atoms. The molecule has 0 aliphatic heterocycles. The van der Waals surface area contributed by atoms with Crippen molar-refractivity contribution in [2.24, 2.45) is 23.2 Å². The summed E-state index contributed by atoms with van der Waals surface area (Å²) in [6, 6.07) is 0. The molecule has 0 bridgehead atoms. The third-order valence-electron chi connectivity index (χ3n) is 3.83. The van der Waals surface area contributed by atoms with E-state index in [9.17, 15) is 0 Å². The van der Waals surface area contributed by atoms with Crippen LogP contribution in [-0.2, 0) is 0 Å². The van der Waals surface area contributed by atoms with Gasteiger partial charge in [-0.05, 0) is 42.4 Å². The maximum absolute atomic E-state index is 3.58. The van der Waals surface area contributed by atoms with Crippen LogP contribution < -0.4 is 0 Å². The van der Waals surface area contributed by atoms with Gasteiger partial charge in [-0.1, -0.05) is 29.8 Å². The normalized spacial score (nSPS) is 48.0. The van der Waals surface area contributed by atoms with Gasteiger partial charge in [0.2, 0.25) is 0 Å². The summed E-state index contributed by atoms with van der Waals surface area (Å²) in [5.41, 5.74) is 0.846. The maximum Gasteiger partial charge on any atom is 0.00651 e. The second kappa shape index (κ2) is 2.48. The predicted octanol–water partition coefficient (Wildman–Crippen LogP) is 3.45. The van der Waals surface area contributed by atoms with Gasteiger partial charge in [0.15, 0.2) is 0 Å². The highest BCUT2D eigenvalue weighted by atomic mass is 79.9. The van der Waals surface area contributed by atoms with Crippen molar-refractivity contribution in [2.45, 2.75) is 33.1 Å². The molecule has 0 saturated heterocycles. The van der Waals surface area contributed by atoms with Crippen LogP contribution in [0.5, 0.6) is 0 Å². The second-order valence-electron chi connectivity index (χ2n) is 4.83. The first-order chi connectivity index (χ1) is 5.18. The van der Waals surface area contributed by atoms with Crippen LogP contribution in [0.3, 0.4) is 0 Å². The van der Waals surface area contributed by atoms with Crippen LogP contribution in [-0.4, -0.2) is 5.33 Å². The van der Waals surface area contributed by atoms with Gasteiger partial charge in [-0.2, -0.15) is 0 Å². The summed E-state index contributed by atoms with van der Waals surface area (Å²) in [7, 11) is 0. The van der Waals surface area contributed by atoms with E-state index in [0.717, 1.165) is 23.2 Å². The minimum absolute atomic E-state index is 0.846. The van der Waals surface area contributed by atoms with E-state index in [-0.39, 0.29) is 0 Å². The summed E-state index contributed by atoms with van der Waals surface area (Å²) in [5.74, 6) is 3.02. The van der Waals surface area contributed by atoms with E-state index in [0.29, 0.717) is 0 Å².